The summed E-state index contributed by atoms with van der Waals surface area (Å²) >= 11 is 0. The Morgan fingerprint density at radius 3 is 2.72 bits per heavy atom. The normalized spacial score (nSPS) is 10.8. The highest BCUT2D eigenvalue weighted by Crippen LogP contribution is 2.26. The zero-order valence-corrected chi connectivity index (χ0v) is 9.80. The first-order valence-electron chi connectivity index (χ1n) is 5.56. The molecule has 3 nitrogen and oxygen atoms in total. The minimum atomic E-state index is -0.295. The molecule has 1 aromatic carbocycles. The van der Waals surface area contributed by atoms with Crippen molar-refractivity contribution in [3.63, 3.8) is 0 Å². The van der Waals surface area contributed by atoms with Gasteiger partial charge in [-0.15, -0.1) is 0 Å². The first-order valence-corrected chi connectivity index (χ1v) is 5.56. The van der Waals surface area contributed by atoms with E-state index in [1.807, 2.05) is 18.2 Å². The second kappa shape index (κ2) is 4.14. The molecule has 0 radical (unpaired) electrons. The fraction of sp³-hybridized carbons (Fsp3) is 0.0714. The Kier molecular flexibility index (Phi) is 2.48. The molecule has 3 aromatic rings. The Balaban J connectivity index is 2.34. The molecular formula is C14H11FN2O. The molecule has 0 saturated carbocycles. The van der Waals surface area contributed by atoms with Crippen LogP contribution in [-0.2, 0) is 0 Å². The van der Waals surface area contributed by atoms with Crippen molar-refractivity contribution in [1.29, 1.82) is 0 Å². The standard InChI is InChI=1S/C14H11FN2O/c1-18-13-8-4-5-10-9-16-14(17(10)13)11-6-2-3-7-12(11)15/h2-9H,1H3. The molecule has 0 unspecified atom stereocenters. The third-order valence-corrected chi connectivity index (χ3v) is 2.84. The van der Waals surface area contributed by atoms with Crippen molar-refractivity contribution in [1.82, 2.24) is 9.38 Å². The van der Waals surface area contributed by atoms with Crippen LogP contribution in [0, 0.1) is 5.82 Å². The van der Waals surface area contributed by atoms with Gasteiger partial charge in [0.05, 0.1) is 24.4 Å². The fourth-order valence-electron chi connectivity index (χ4n) is 2.01. The van der Waals surface area contributed by atoms with Gasteiger partial charge in [-0.05, 0) is 24.3 Å². The van der Waals surface area contributed by atoms with E-state index in [4.69, 9.17) is 4.74 Å². The number of hydrogen-bond donors (Lipinski definition) is 0. The molecule has 90 valence electrons. The first-order chi connectivity index (χ1) is 8.81. The van der Waals surface area contributed by atoms with Crippen LogP contribution in [0.15, 0.2) is 48.7 Å². The Morgan fingerprint density at radius 2 is 1.94 bits per heavy atom. The van der Waals surface area contributed by atoms with Crippen LogP contribution in [0.25, 0.3) is 16.9 Å². The van der Waals surface area contributed by atoms with Crippen LogP contribution in [0.3, 0.4) is 0 Å². The third-order valence-electron chi connectivity index (χ3n) is 2.84. The van der Waals surface area contributed by atoms with Crippen molar-refractivity contribution >= 4 is 5.52 Å². The summed E-state index contributed by atoms with van der Waals surface area (Å²) in [5.74, 6) is 0.875. The van der Waals surface area contributed by atoms with Gasteiger partial charge in [-0.1, -0.05) is 18.2 Å². The Labute approximate surface area is 103 Å². The summed E-state index contributed by atoms with van der Waals surface area (Å²) in [4.78, 5) is 4.28. The van der Waals surface area contributed by atoms with Crippen LogP contribution in [0.2, 0.25) is 0 Å². The summed E-state index contributed by atoms with van der Waals surface area (Å²) in [6, 6.07) is 12.2. The number of imidazole rings is 1. The van der Waals surface area contributed by atoms with Gasteiger partial charge in [0, 0.05) is 0 Å². The Hall–Kier alpha value is -2.36. The van der Waals surface area contributed by atoms with Gasteiger partial charge in [-0.3, -0.25) is 4.40 Å². The van der Waals surface area contributed by atoms with E-state index in [1.54, 1.807) is 35.9 Å². The highest BCUT2D eigenvalue weighted by Gasteiger charge is 2.13. The fourth-order valence-corrected chi connectivity index (χ4v) is 2.01. The van der Waals surface area contributed by atoms with Gasteiger partial charge in [-0.2, -0.15) is 0 Å². The lowest BCUT2D eigenvalue weighted by atomic mass is 10.2. The molecule has 0 spiro atoms. The van der Waals surface area contributed by atoms with Crippen LogP contribution < -0.4 is 4.74 Å². The average molecular weight is 242 g/mol. The van der Waals surface area contributed by atoms with Crippen molar-refractivity contribution in [3.05, 3.63) is 54.5 Å². The lowest BCUT2D eigenvalue weighted by Gasteiger charge is -2.07. The molecule has 0 fully saturated rings. The smallest absolute Gasteiger partial charge is 0.199 e. The maximum absolute atomic E-state index is 13.8. The van der Waals surface area contributed by atoms with Gasteiger partial charge in [-0.25, -0.2) is 9.37 Å². The second-order valence-corrected chi connectivity index (χ2v) is 3.89. The number of hydrogen-bond acceptors (Lipinski definition) is 2. The van der Waals surface area contributed by atoms with Crippen molar-refractivity contribution in [2.75, 3.05) is 7.11 Å². The van der Waals surface area contributed by atoms with Crippen LogP contribution in [0.1, 0.15) is 0 Å². The molecule has 18 heavy (non-hydrogen) atoms. The lowest BCUT2D eigenvalue weighted by Crippen LogP contribution is -1.97. The van der Waals surface area contributed by atoms with Crippen molar-refractivity contribution < 1.29 is 9.13 Å². The molecule has 0 amide bonds. The molecule has 0 bridgehead atoms. The van der Waals surface area contributed by atoms with Gasteiger partial charge in [0.1, 0.15) is 11.6 Å². The molecule has 0 atom stereocenters. The van der Waals surface area contributed by atoms with E-state index >= 15 is 0 Å². The predicted octanol–water partition coefficient (Wildman–Crippen LogP) is 3.15. The third kappa shape index (κ3) is 1.54. The van der Waals surface area contributed by atoms with Crippen LogP contribution in [0.5, 0.6) is 5.88 Å². The number of rotatable bonds is 2. The number of ether oxygens (including phenoxy) is 1. The lowest BCUT2D eigenvalue weighted by molar-refractivity contribution is 0.393. The quantitative estimate of drug-likeness (QED) is 0.690. The first kappa shape index (κ1) is 10.8. The number of nitrogens with zero attached hydrogens (tertiary/aromatic N) is 2. The van der Waals surface area contributed by atoms with Gasteiger partial charge in [0.15, 0.2) is 5.88 Å². The summed E-state index contributed by atoms with van der Waals surface area (Å²) in [7, 11) is 1.58. The number of fused-ring (bicyclic) bond motifs is 1. The van der Waals surface area contributed by atoms with Gasteiger partial charge < -0.3 is 4.74 Å². The van der Waals surface area contributed by atoms with Gasteiger partial charge in [0.2, 0.25) is 0 Å². The Morgan fingerprint density at radius 1 is 1.11 bits per heavy atom. The zero-order chi connectivity index (χ0) is 12.5. The molecule has 0 aliphatic heterocycles. The highest BCUT2D eigenvalue weighted by molar-refractivity contribution is 5.64. The Bertz CT molecular complexity index is 706. The number of pyridine rings is 1. The zero-order valence-electron chi connectivity index (χ0n) is 9.80. The molecular weight excluding hydrogens is 231 g/mol. The summed E-state index contributed by atoms with van der Waals surface area (Å²) in [6.07, 6.45) is 1.70. The van der Waals surface area contributed by atoms with Crippen molar-refractivity contribution in [3.8, 4) is 17.3 Å². The number of halogens is 1. The van der Waals surface area contributed by atoms with Crippen molar-refractivity contribution in [2.24, 2.45) is 0 Å². The van der Waals surface area contributed by atoms with Crippen molar-refractivity contribution in [2.45, 2.75) is 0 Å². The molecule has 3 rings (SSSR count). The van der Waals surface area contributed by atoms with Crippen LogP contribution in [0.4, 0.5) is 4.39 Å². The van der Waals surface area contributed by atoms with E-state index in [-0.39, 0.29) is 5.82 Å². The van der Waals surface area contributed by atoms with E-state index in [1.165, 1.54) is 6.07 Å². The maximum Gasteiger partial charge on any atom is 0.199 e. The SMILES string of the molecule is COc1cccc2cnc(-c3ccccc3F)n12. The monoisotopic (exact) mass is 242 g/mol. The summed E-state index contributed by atoms with van der Waals surface area (Å²) < 4.78 is 20.9. The number of aromatic nitrogens is 2. The topological polar surface area (TPSA) is 26.5 Å². The average Bonchev–Trinajstić information content (AvgIpc) is 2.83. The number of benzene rings is 1. The minimum absolute atomic E-state index is 0.295. The maximum atomic E-state index is 13.8. The molecule has 0 N–H and O–H groups in total. The number of methoxy groups -OCH3 is 1. The van der Waals surface area contributed by atoms with Gasteiger partial charge >= 0.3 is 0 Å². The molecule has 2 heterocycles. The molecule has 0 aliphatic carbocycles. The molecule has 2 aromatic heterocycles. The molecule has 4 heteroatoms. The van der Waals surface area contributed by atoms with Crippen LogP contribution >= 0.6 is 0 Å². The largest absolute Gasteiger partial charge is 0.482 e. The van der Waals surface area contributed by atoms with Crippen LogP contribution in [-0.4, -0.2) is 16.5 Å². The summed E-state index contributed by atoms with van der Waals surface area (Å²) in [5, 5.41) is 0. The van der Waals surface area contributed by atoms with E-state index in [0.717, 1.165) is 5.52 Å². The van der Waals surface area contributed by atoms with Gasteiger partial charge in [0.25, 0.3) is 0 Å². The summed E-state index contributed by atoms with van der Waals surface area (Å²) in [5.41, 5.74) is 1.33. The van der Waals surface area contributed by atoms with E-state index in [9.17, 15) is 4.39 Å². The molecule has 0 saturated heterocycles. The van der Waals surface area contributed by atoms with E-state index < -0.39 is 0 Å². The highest BCUT2D eigenvalue weighted by atomic mass is 19.1. The summed E-state index contributed by atoms with van der Waals surface area (Å²) in [6.45, 7) is 0. The minimum Gasteiger partial charge on any atom is -0.482 e. The van der Waals surface area contributed by atoms with E-state index in [0.29, 0.717) is 17.3 Å². The predicted molar refractivity (Wildman–Crippen MR) is 67.1 cm³/mol. The van der Waals surface area contributed by atoms with E-state index in [2.05, 4.69) is 4.98 Å². The molecule has 0 aliphatic rings. The second-order valence-electron chi connectivity index (χ2n) is 3.89.